The maximum Gasteiger partial charge on any atom is 0.188 e. The molecule has 2 heteroatoms. The molecule has 2 rings (SSSR count). The van der Waals surface area contributed by atoms with Crippen LogP contribution < -0.4 is 0 Å². The minimum atomic E-state index is -0.451. The summed E-state index contributed by atoms with van der Waals surface area (Å²) in [5, 5.41) is 8.77. The fourth-order valence-electron chi connectivity index (χ4n) is 1.75. The molecular formula is C16H14O2. The van der Waals surface area contributed by atoms with Gasteiger partial charge in [-0.1, -0.05) is 61.2 Å². The maximum absolute atomic E-state index is 11.3. The fraction of sp³-hybridized carbons (Fsp3) is 0.0625. The van der Waals surface area contributed by atoms with Crippen molar-refractivity contribution >= 4 is 11.9 Å². The number of carbonyl (C=O) groups excluding carboxylic acids is 1. The highest BCUT2D eigenvalue weighted by Crippen LogP contribution is 2.20. The third kappa shape index (κ3) is 2.55. The van der Waals surface area contributed by atoms with E-state index >= 15 is 0 Å². The highest BCUT2D eigenvalue weighted by molar-refractivity contribution is 5.97. The Morgan fingerprint density at radius 3 is 1.94 bits per heavy atom. The molecule has 0 atom stereocenters. The molecule has 0 heterocycles. The Bertz CT molecular complexity index is 551. The fourth-order valence-corrected chi connectivity index (χ4v) is 1.75. The Hall–Kier alpha value is -2.19. The second-order valence-corrected chi connectivity index (χ2v) is 3.98. The molecular weight excluding hydrogens is 224 g/mol. The summed E-state index contributed by atoms with van der Waals surface area (Å²) in [4.78, 5) is 11.3. The van der Waals surface area contributed by atoms with E-state index in [4.69, 9.17) is 5.11 Å². The van der Waals surface area contributed by atoms with Crippen molar-refractivity contribution in [2.45, 2.75) is 0 Å². The SMILES string of the molecule is C=Cc1ccc(-c2ccc(C(=O)CO)cc2)cc1. The summed E-state index contributed by atoms with van der Waals surface area (Å²) >= 11 is 0. The van der Waals surface area contributed by atoms with Crippen LogP contribution in [0.5, 0.6) is 0 Å². The lowest BCUT2D eigenvalue weighted by Gasteiger charge is -2.04. The highest BCUT2D eigenvalue weighted by Gasteiger charge is 2.04. The predicted molar refractivity (Wildman–Crippen MR) is 73.4 cm³/mol. The van der Waals surface area contributed by atoms with Crippen molar-refractivity contribution in [3.8, 4) is 11.1 Å². The van der Waals surface area contributed by atoms with Crippen molar-refractivity contribution in [2.75, 3.05) is 6.61 Å². The number of benzene rings is 2. The molecule has 0 spiro atoms. The molecule has 2 nitrogen and oxygen atoms in total. The van der Waals surface area contributed by atoms with Gasteiger partial charge in [-0.15, -0.1) is 0 Å². The molecule has 0 amide bonds. The average Bonchev–Trinajstić information content (AvgIpc) is 2.47. The van der Waals surface area contributed by atoms with Gasteiger partial charge in [-0.25, -0.2) is 0 Å². The minimum Gasteiger partial charge on any atom is -0.388 e. The van der Waals surface area contributed by atoms with E-state index in [1.807, 2.05) is 36.4 Å². The van der Waals surface area contributed by atoms with E-state index in [1.54, 1.807) is 18.2 Å². The van der Waals surface area contributed by atoms with E-state index in [0.29, 0.717) is 5.56 Å². The Morgan fingerprint density at radius 2 is 1.50 bits per heavy atom. The van der Waals surface area contributed by atoms with Crippen molar-refractivity contribution in [3.63, 3.8) is 0 Å². The van der Waals surface area contributed by atoms with Gasteiger partial charge in [0.15, 0.2) is 5.78 Å². The van der Waals surface area contributed by atoms with Gasteiger partial charge in [-0.2, -0.15) is 0 Å². The van der Waals surface area contributed by atoms with Gasteiger partial charge in [0.25, 0.3) is 0 Å². The number of Topliss-reactive ketones (excluding diaryl/α,β-unsaturated/α-hetero) is 1. The smallest absolute Gasteiger partial charge is 0.188 e. The van der Waals surface area contributed by atoms with Crippen LogP contribution in [0.2, 0.25) is 0 Å². The van der Waals surface area contributed by atoms with Crippen LogP contribution in [0.25, 0.3) is 17.2 Å². The summed E-state index contributed by atoms with van der Waals surface area (Å²) in [6.07, 6.45) is 1.80. The van der Waals surface area contributed by atoms with Crippen LogP contribution in [0.1, 0.15) is 15.9 Å². The zero-order chi connectivity index (χ0) is 13.0. The molecule has 0 aliphatic rings. The number of aliphatic hydroxyl groups excluding tert-OH is 1. The first-order valence-corrected chi connectivity index (χ1v) is 5.71. The molecule has 0 radical (unpaired) electrons. The third-order valence-electron chi connectivity index (χ3n) is 2.83. The number of ketones is 1. The first kappa shape index (κ1) is 12.3. The summed E-state index contributed by atoms with van der Waals surface area (Å²) in [5.74, 6) is -0.261. The Balaban J connectivity index is 2.28. The van der Waals surface area contributed by atoms with Crippen LogP contribution >= 0.6 is 0 Å². The van der Waals surface area contributed by atoms with Crippen LogP contribution in [0.4, 0.5) is 0 Å². The van der Waals surface area contributed by atoms with Gasteiger partial charge in [0.05, 0.1) is 0 Å². The normalized spacial score (nSPS) is 10.1. The topological polar surface area (TPSA) is 37.3 Å². The van der Waals surface area contributed by atoms with Gasteiger partial charge < -0.3 is 5.11 Å². The summed E-state index contributed by atoms with van der Waals surface area (Å²) in [7, 11) is 0. The molecule has 0 unspecified atom stereocenters. The van der Waals surface area contributed by atoms with E-state index in [9.17, 15) is 4.79 Å². The second kappa shape index (κ2) is 5.43. The van der Waals surface area contributed by atoms with E-state index in [2.05, 4.69) is 6.58 Å². The summed E-state index contributed by atoms with van der Waals surface area (Å²) < 4.78 is 0. The predicted octanol–water partition coefficient (Wildman–Crippen LogP) is 3.17. The van der Waals surface area contributed by atoms with Crippen molar-refractivity contribution in [1.29, 1.82) is 0 Å². The molecule has 0 fully saturated rings. The number of carbonyl (C=O) groups is 1. The van der Waals surface area contributed by atoms with Crippen LogP contribution in [0, 0.1) is 0 Å². The molecule has 2 aromatic carbocycles. The van der Waals surface area contributed by atoms with Crippen LogP contribution in [0.15, 0.2) is 55.1 Å². The van der Waals surface area contributed by atoms with E-state index in [0.717, 1.165) is 16.7 Å². The molecule has 0 saturated carbocycles. The Morgan fingerprint density at radius 1 is 1.00 bits per heavy atom. The quantitative estimate of drug-likeness (QED) is 0.831. The van der Waals surface area contributed by atoms with E-state index < -0.39 is 6.61 Å². The second-order valence-electron chi connectivity index (χ2n) is 3.98. The summed E-state index contributed by atoms with van der Waals surface area (Å²) in [6, 6.07) is 15.2. The molecule has 18 heavy (non-hydrogen) atoms. The Labute approximate surface area is 106 Å². The molecule has 0 saturated heterocycles. The first-order valence-electron chi connectivity index (χ1n) is 5.71. The lowest BCUT2D eigenvalue weighted by atomic mass is 10.0. The van der Waals surface area contributed by atoms with Gasteiger partial charge in [0, 0.05) is 5.56 Å². The number of aliphatic hydroxyl groups is 1. The molecule has 0 aliphatic carbocycles. The van der Waals surface area contributed by atoms with Gasteiger partial charge in [0.1, 0.15) is 6.61 Å². The number of hydrogen-bond acceptors (Lipinski definition) is 2. The minimum absolute atomic E-state index is 0.261. The zero-order valence-corrected chi connectivity index (χ0v) is 9.97. The van der Waals surface area contributed by atoms with Crippen LogP contribution in [-0.4, -0.2) is 17.5 Å². The zero-order valence-electron chi connectivity index (χ0n) is 9.97. The number of hydrogen-bond donors (Lipinski definition) is 1. The maximum atomic E-state index is 11.3. The van der Waals surface area contributed by atoms with Crippen LogP contribution in [-0.2, 0) is 0 Å². The van der Waals surface area contributed by atoms with Crippen molar-refractivity contribution in [1.82, 2.24) is 0 Å². The van der Waals surface area contributed by atoms with E-state index in [-0.39, 0.29) is 5.78 Å². The molecule has 0 bridgehead atoms. The highest BCUT2D eigenvalue weighted by atomic mass is 16.3. The van der Waals surface area contributed by atoms with Crippen LogP contribution in [0.3, 0.4) is 0 Å². The monoisotopic (exact) mass is 238 g/mol. The van der Waals surface area contributed by atoms with Crippen molar-refractivity contribution in [3.05, 3.63) is 66.2 Å². The Kier molecular flexibility index (Phi) is 3.70. The summed E-state index contributed by atoms with van der Waals surface area (Å²) in [5.41, 5.74) is 3.73. The van der Waals surface area contributed by atoms with Gasteiger partial charge in [-0.05, 0) is 16.7 Å². The molecule has 0 aliphatic heterocycles. The largest absolute Gasteiger partial charge is 0.388 e. The van der Waals surface area contributed by atoms with Crippen molar-refractivity contribution < 1.29 is 9.90 Å². The number of rotatable bonds is 4. The lowest BCUT2D eigenvalue weighted by molar-refractivity contribution is 0.0904. The van der Waals surface area contributed by atoms with Gasteiger partial charge >= 0.3 is 0 Å². The van der Waals surface area contributed by atoms with E-state index in [1.165, 1.54) is 0 Å². The lowest BCUT2D eigenvalue weighted by Crippen LogP contribution is -2.03. The molecule has 1 N–H and O–H groups in total. The van der Waals surface area contributed by atoms with Crippen molar-refractivity contribution in [2.24, 2.45) is 0 Å². The standard InChI is InChI=1S/C16H14O2/c1-2-12-3-5-13(6-4-12)14-7-9-15(10-8-14)16(18)11-17/h2-10,17H,1,11H2. The van der Waals surface area contributed by atoms with Gasteiger partial charge in [-0.3, -0.25) is 4.79 Å². The molecule has 90 valence electrons. The van der Waals surface area contributed by atoms with Gasteiger partial charge in [0.2, 0.25) is 0 Å². The average molecular weight is 238 g/mol. The first-order chi connectivity index (χ1) is 8.74. The molecule has 0 aromatic heterocycles. The molecule has 2 aromatic rings. The third-order valence-corrected chi connectivity index (χ3v) is 2.83. The summed E-state index contributed by atoms with van der Waals surface area (Å²) in [6.45, 7) is 3.26.